The summed E-state index contributed by atoms with van der Waals surface area (Å²) in [5.41, 5.74) is 7.38. The van der Waals surface area contributed by atoms with E-state index in [4.69, 9.17) is 21.3 Å². The molecule has 10 rings (SSSR count). The van der Waals surface area contributed by atoms with Crippen molar-refractivity contribution in [2.75, 3.05) is 6.54 Å². The fraction of sp³-hybridized carbons (Fsp3) is 0.370. The molecule has 372 valence electrons. The van der Waals surface area contributed by atoms with E-state index in [2.05, 4.69) is 44.8 Å². The molecule has 1 saturated carbocycles. The van der Waals surface area contributed by atoms with Gasteiger partial charge in [-0.1, -0.05) is 74.0 Å². The number of benzene rings is 3. The van der Waals surface area contributed by atoms with Crippen LogP contribution in [-0.4, -0.2) is 98.4 Å². The number of hydrogen-bond donors (Lipinski definition) is 3. The number of nitrogens with zero attached hydrogens (tertiary/aromatic N) is 9. The Labute approximate surface area is 427 Å². The van der Waals surface area contributed by atoms with E-state index in [0.29, 0.717) is 29.4 Å². The van der Waals surface area contributed by atoms with Crippen molar-refractivity contribution in [3.05, 3.63) is 141 Å². The lowest BCUT2D eigenvalue weighted by molar-refractivity contribution is -0.142. The van der Waals surface area contributed by atoms with Crippen LogP contribution in [0, 0.1) is 26.7 Å². The first-order valence-electron chi connectivity index (χ1n) is 24.4. The van der Waals surface area contributed by atoms with Gasteiger partial charge in [-0.15, -0.1) is 21.5 Å². The zero-order chi connectivity index (χ0) is 50.5. The number of aryl methyl sites for hydroxylation is 3. The molecule has 1 saturated heterocycles. The minimum Gasteiger partial charge on any atom is -0.490 e. The van der Waals surface area contributed by atoms with Crippen LogP contribution in [0.4, 0.5) is 0 Å². The highest BCUT2D eigenvalue weighted by molar-refractivity contribution is 7.15. The van der Waals surface area contributed by atoms with Crippen LogP contribution < -0.4 is 15.4 Å². The predicted molar refractivity (Wildman–Crippen MR) is 276 cm³/mol. The summed E-state index contributed by atoms with van der Waals surface area (Å²) in [7, 11) is 1.94. The maximum atomic E-state index is 14.4. The highest BCUT2D eigenvalue weighted by Gasteiger charge is 2.43. The lowest BCUT2D eigenvalue weighted by Gasteiger charge is -2.36. The number of aromatic nitrogens is 7. The molecule has 0 spiro atoms. The van der Waals surface area contributed by atoms with Crippen molar-refractivity contribution in [1.82, 2.24) is 49.6 Å². The monoisotopic (exact) mass is 1010 g/mol. The summed E-state index contributed by atoms with van der Waals surface area (Å²) < 4.78 is 12.1. The van der Waals surface area contributed by atoms with Crippen LogP contribution in [0.15, 0.2) is 103 Å². The van der Waals surface area contributed by atoms with Gasteiger partial charge in [0.1, 0.15) is 46.6 Å². The van der Waals surface area contributed by atoms with E-state index in [0.717, 1.165) is 61.3 Å². The molecule has 0 bridgehead atoms. The number of likely N-dealkylation sites (tertiary alicyclic amines) is 1. The van der Waals surface area contributed by atoms with E-state index >= 15 is 0 Å². The van der Waals surface area contributed by atoms with E-state index in [1.807, 2.05) is 129 Å². The zero-order valence-electron chi connectivity index (χ0n) is 41.3. The van der Waals surface area contributed by atoms with Crippen molar-refractivity contribution < 1.29 is 24.2 Å². The van der Waals surface area contributed by atoms with Gasteiger partial charge in [0, 0.05) is 89.6 Å². The second-order valence-electron chi connectivity index (χ2n) is 19.6. The summed E-state index contributed by atoms with van der Waals surface area (Å²) in [4.78, 5) is 54.4. The van der Waals surface area contributed by atoms with Gasteiger partial charge in [-0.05, 0) is 74.6 Å². The normalized spacial score (nSPS) is 20.2. The molecule has 3 amide bonds. The fourth-order valence-corrected chi connectivity index (χ4v) is 11.4. The Morgan fingerprint density at radius 1 is 0.931 bits per heavy atom. The number of carbonyl (C=O) groups is 3. The van der Waals surface area contributed by atoms with Crippen LogP contribution in [-0.2, 0) is 21.4 Å². The van der Waals surface area contributed by atoms with Crippen molar-refractivity contribution >= 4 is 46.4 Å². The molecular formula is C54H58ClN11O5S. The summed E-state index contributed by atoms with van der Waals surface area (Å²) in [6, 6.07) is 20.7. The number of aliphatic hydroxyl groups excluding tert-OH is 1. The van der Waals surface area contributed by atoms with Crippen molar-refractivity contribution in [3.63, 3.8) is 0 Å². The van der Waals surface area contributed by atoms with Crippen LogP contribution in [0.1, 0.15) is 103 Å². The van der Waals surface area contributed by atoms with E-state index < -0.39 is 24.2 Å². The maximum Gasteiger partial charge on any atom is 0.248 e. The minimum absolute atomic E-state index is 0.0484. The molecule has 5 atom stereocenters. The number of thiophene rings is 1. The van der Waals surface area contributed by atoms with Crippen molar-refractivity contribution in [2.45, 2.75) is 110 Å². The van der Waals surface area contributed by atoms with Gasteiger partial charge >= 0.3 is 0 Å². The van der Waals surface area contributed by atoms with Gasteiger partial charge in [-0.2, -0.15) is 5.10 Å². The summed E-state index contributed by atoms with van der Waals surface area (Å²) in [6.45, 7) is 12.0. The molecular weight excluding hydrogens is 950 g/mol. The number of imidazole rings is 1. The van der Waals surface area contributed by atoms with E-state index in [9.17, 15) is 19.5 Å². The summed E-state index contributed by atoms with van der Waals surface area (Å²) in [5.74, 6) is 1.99. The number of aliphatic imine (C=N–C) groups is 1. The van der Waals surface area contributed by atoms with Crippen molar-refractivity contribution in [2.24, 2.45) is 18.0 Å². The third-order valence-electron chi connectivity index (χ3n) is 14.2. The average Bonchev–Trinajstić information content (AvgIpc) is 4.19. The van der Waals surface area contributed by atoms with Gasteiger partial charge in [0.15, 0.2) is 5.82 Å². The Bertz CT molecular complexity index is 3190. The van der Waals surface area contributed by atoms with Crippen LogP contribution in [0.3, 0.4) is 0 Å². The lowest BCUT2D eigenvalue weighted by atomic mass is 9.89. The van der Waals surface area contributed by atoms with Crippen molar-refractivity contribution in [3.8, 4) is 33.3 Å². The molecule has 16 nitrogen and oxygen atoms in total. The van der Waals surface area contributed by atoms with Crippen LogP contribution in [0.25, 0.3) is 27.5 Å². The van der Waals surface area contributed by atoms with Gasteiger partial charge in [-0.3, -0.25) is 28.6 Å². The van der Waals surface area contributed by atoms with Crippen LogP contribution in [0.2, 0.25) is 5.02 Å². The van der Waals surface area contributed by atoms with E-state index in [1.54, 1.807) is 28.4 Å². The third kappa shape index (κ3) is 9.60. The van der Waals surface area contributed by atoms with E-state index in [-0.39, 0.29) is 61.2 Å². The predicted octanol–water partition coefficient (Wildman–Crippen LogP) is 8.22. The van der Waals surface area contributed by atoms with Gasteiger partial charge < -0.3 is 29.9 Å². The molecule has 18 heteroatoms. The Morgan fingerprint density at radius 3 is 2.40 bits per heavy atom. The Morgan fingerprint density at radius 2 is 1.68 bits per heavy atom. The molecule has 2 fully saturated rings. The highest BCUT2D eigenvalue weighted by Crippen LogP contribution is 2.40. The smallest absolute Gasteiger partial charge is 0.248 e. The third-order valence-corrected chi connectivity index (χ3v) is 15.6. The Balaban J connectivity index is 0.762. The largest absolute Gasteiger partial charge is 0.490 e. The number of aliphatic hydroxyl groups is 1. The number of fused-ring (bicyclic) bond motifs is 3. The molecule has 2 aliphatic heterocycles. The van der Waals surface area contributed by atoms with Gasteiger partial charge in [0.05, 0.1) is 30.5 Å². The molecule has 1 aliphatic carbocycles. The average molecular weight is 1010 g/mol. The lowest BCUT2D eigenvalue weighted by Crippen LogP contribution is -2.49. The first-order chi connectivity index (χ1) is 34.6. The SMILES string of the molecule is Cc1sc2c(c1C)C(c1ccc(Cl)cc1)=N[C@@H](CC(=O)NC1CC(Oc3cccc(-c4cnn([C@@H](C(=O)N5C[C@H](O)C[C@H]5C(=O)N[C@@H](C)c5ccc(-c6nccn6C)cc5)C(C)C)c4)c3)C1)c1nnc(C)n1-2. The van der Waals surface area contributed by atoms with Crippen LogP contribution >= 0.6 is 22.9 Å². The van der Waals surface area contributed by atoms with E-state index in [1.165, 1.54) is 9.78 Å². The van der Waals surface area contributed by atoms with Gasteiger partial charge in [-0.25, -0.2) is 4.98 Å². The molecule has 3 aliphatic rings. The first-order valence-corrected chi connectivity index (χ1v) is 25.6. The van der Waals surface area contributed by atoms with Gasteiger partial charge in [0.2, 0.25) is 17.7 Å². The summed E-state index contributed by atoms with van der Waals surface area (Å²) in [5, 5.41) is 32.4. The summed E-state index contributed by atoms with van der Waals surface area (Å²) >= 11 is 7.96. The standard InChI is InChI=1S/C54H58ClN11O5S/c1-29(2)49(53(70)64-28-41(67)24-45(64)52(69)58-31(4)34-11-13-36(14-12-34)50-56-19-20-63(50)7)65-27-38(26-57-65)37-9-8-10-42(21-37)71-43-22-40(23-43)59-46(68)25-44-51-62-61-33(6)66(51)54-47(30(3)32(5)72-54)48(60-44)35-15-17-39(55)18-16-35/h8-21,26-27,29,31,40-41,43-45,49,67H,22-25,28H2,1-7H3,(H,58,69)(H,59,68)/t31-,40?,41+,43?,44-,45-,49+/m0/s1. The molecule has 4 aromatic heterocycles. The molecule has 72 heavy (non-hydrogen) atoms. The molecule has 3 aromatic carbocycles. The number of β-amino-alcohol motifs (C(OH)–C–C–N with tert-alkyl or cyclic N) is 1. The number of rotatable bonds is 14. The van der Waals surface area contributed by atoms with Crippen molar-refractivity contribution in [1.29, 1.82) is 0 Å². The number of nitrogens with one attached hydrogen (secondary N) is 2. The maximum absolute atomic E-state index is 14.4. The molecule has 0 unspecified atom stereocenters. The van der Waals surface area contributed by atoms with Crippen LogP contribution in [0.5, 0.6) is 5.75 Å². The first kappa shape index (κ1) is 48.7. The summed E-state index contributed by atoms with van der Waals surface area (Å²) in [6.07, 6.45) is 7.80. The molecule has 7 aromatic rings. The highest BCUT2D eigenvalue weighted by atomic mass is 35.5. The molecule has 3 N–H and O–H groups in total. The van der Waals surface area contributed by atoms with Gasteiger partial charge in [0.25, 0.3) is 0 Å². The second-order valence-corrected chi connectivity index (χ2v) is 21.3. The second kappa shape index (κ2) is 19.9. The fourth-order valence-electron chi connectivity index (χ4n) is 10.1. The number of halogens is 1. The molecule has 0 radical (unpaired) electrons. The topological polar surface area (TPSA) is 187 Å². The Hall–Kier alpha value is -6.95. The molecule has 6 heterocycles. The quantitative estimate of drug-likeness (QED) is 0.0966. The minimum atomic E-state index is -0.841. The number of carbonyl (C=O) groups excluding carboxylic acids is 3. The number of amides is 3. The Kier molecular flexibility index (Phi) is 13.5. The number of ether oxygens (including phenoxy) is 1. The zero-order valence-corrected chi connectivity index (χ0v) is 42.9. The number of hydrogen-bond acceptors (Lipinski definition) is 11.